The van der Waals surface area contributed by atoms with E-state index >= 15 is 0 Å². The predicted molar refractivity (Wildman–Crippen MR) is 77.6 cm³/mol. The van der Waals surface area contributed by atoms with Gasteiger partial charge in [-0.25, -0.2) is 8.78 Å². The molecule has 1 fully saturated rings. The maximum absolute atomic E-state index is 13.7. The molecule has 1 nitrogen and oxygen atoms in total. The van der Waals surface area contributed by atoms with Gasteiger partial charge in [-0.3, -0.25) is 0 Å². The van der Waals surface area contributed by atoms with Crippen molar-refractivity contribution in [1.82, 2.24) is 5.32 Å². The van der Waals surface area contributed by atoms with Crippen molar-refractivity contribution < 1.29 is 8.78 Å². The van der Waals surface area contributed by atoms with Crippen LogP contribution in [0.1, 0.15) is 31.7 Å². The van der Waals surface area contributed by atoms with Gasteiger partial charge in [0.05, 0.1) is 0 Å². The Bertz CT molecular complexity index is 385. The largest absolute Gasteiger partial charge is 0.313 e. The van der Waals surface area contributed by atoms with Crippen LogP contribution in [0.3, 0.4) is 0 Å². The van der Waals surface area contributed by atoms with Crippen molar-refractivity contribution in [2.24, 2.45) is 0 Å². The summed E-state index contributed by atoms with van der Waals surface area (Å²) in [6.45, 7) is 3.01. The highest BCUT2D eigenvalue weighted by molar-refractivity contribution is 8.00. The maximum atomic E-state index is 13.7. The molecular weight excluding hydrogens is 264 g/mol. The molecule has 1 aliphatic rings. The quantitative estimate of drug-likeness (QED) is 0.854. The lowest BCUT2D eigenvalue weighted by Crippen LogP contribution is -2.39. The lowest BCUT2D eigenvalue weighted by atomic mass is 9.99. The summed E-state index contributed by atoms with van der Waals surface area (Å²) in [5, 5.41) is 3.94. The van der Waals surface area contributed by atoms with Crippen molar-refractivity contribution >= 4 is 11.8 Å². The lowest BCUT2D eigenvalue weighted by Gasteiger charge is -2.24. The van der Waals surface area contributed by atoms with Crippen molar-refractivity contribution in [3.05, 3.63) is 35.4 Å². The molecule has 1 aromatic rings. The number of benzene rings is 1. The summed E-state index contributed by atoms with van der Waals surface area (Å²) < 4.78 is 27.5. The number of hydrogen-bond acceptors (Lipinski definition) is 2. The second-order valence-corrected chi connectivity index (χ2v) is 6.36. The first-order valence-corrected chi connectivity index (χ1v) is 8.05. The Morgan fingerprint density at radius 3 is 2.68 bits per heavy atom. The van der Waals surface area contributed by atoms with Crippen LogP contribution in [0.2, 0.25) is 0 Å². The minimum Gasteiger partial charge on any atom is -0.313 e. The molecule has 0 bridgehead atoms. The zero-order valence-corrected chi connectivity index (χ0v) is 12.1. The van der Waals surface area contributed by atoms with E-state index in [-0.39, 0.29) is 11.6 Å². The Labute approximate surface area is 118 Å². The molecule has 0 amide bonds. The van der Waals surface area contributed by atoms with Gasteiger partial charge in [-0.15, -0.1) is 0 Å². The Morgan fingerprint density at radius 2 is 2.11 bits per heavy atom. The number of halogens is 2. The van der Waals surface area contributed by atoms with Crippen molar-refractivity contribution in [3.8, 4) is 0 Å². The van der Waals surface area contributed by atoms with Gasteiger partial charge in [-0.05, 0) is 50.1 Å². The van der Waals surface area contributed by atoms with Gasteiger partial charge in [0.15, 0.2) is 0 Å². The van der Waals surface area contributed by atoms with Gasteiger partial charge in [0.1, 0.15) is 11.6 Å². The van der Waals surface area contributed by atoms with E-state index in [1.165, 1.54) is 24.6 Å². The maximum Gasteiger partial charge on any atom is 0.129 e. The molecule has 0 spiro atoms. The zero-order chi connectivity index (χ0) is 13.7. The van der Waals surface area contributed by atoms with Gasteiger partial charge in [0, 0.05) is 16.9 Å². The van der Waals surface area contributed by atoms with Crippen LogP contribution in [0.5, 0.6) is 0 Å². The molecule has 2 atom stereocenters. The Balaban J connectivity index is 2.10. The van der Waals surface area contributed by atoms with Crippen LogP contribution in [0.4, 0.5) is 8.78 Å². The molecule has 0 aromatic heterocycles. The molecule has 1 aromatic carbocycles. The summed E-state index contributed by atoms with van der Waals surface area (Å²) in [5.41, 5.74) is 0.226. The average molecular weight is 285 g/mol. The van der Waals surface area contributed by atoms with Crippen LogP contribution in [-0.4, -0.2) is 23.6 Å². The van der Waals surface area contributed by atoms with Crippen LogP contribution in [0.15, 0.2) is 18.2 Å². The fourth-order valence-corrected chi connectivity index (χ4v) is 3.93. The summed E-state index contributed by atoms with van der Waals surface area (Å²) in [6.07, 6.45) is 3.82. The van der Waals surface area contributed by atoms with Crippen LogP contribution < -0.4 is 5.32 Å². The molecule has 0 radical (unpaired) electrons. The Morgan fingerprint density at radius 1 is 1.37 bits per heavy atom. The minimum absolute atomic E-state index is 0.166. The van der Waals surface area contributed by atoms with E-state index in [1.54, 1.807) is 0 Å². The number of hydrogen-bond donors (Lipinski definition) is 1. The van der Waals surface area contributed by atoms with E-state index < -0.39 is 11.6 Å². The Hall–Kier alpha value is -0.610. The average Bonchev–Trinajstić information content (AvgIpc) is 2.91. The molecule has 1 N–H and O–H groups in total. The third-order valence-corrected chi connectivity index (χ3v) is 5.07. The molecule has 19 heavy (non-hydrogen) atoms. The third-order valence-electron chi connectivity index (χ3n) is 3.56. The molecule has 2 unspecified atom stereocenters. The van der Waals surface area contributed by atoms with E-state index in [4.69, 9.17) is 0 Å². The molecule has 4 heteroatoms. The number of thioether (sulfide) groups is 1. The molecular formula is C15H21F2NS. The highest BCUT2D eigenvalue weighted by Gasteiger charge is 2.27. The van der Waals surface area contributed by atoms with Gasteiger partial charge in [-0.2, -0.15) is 11.8 Å². The summed E-state index contributed by atoms with van der Waals surface area (Å²) in [5.74, 6) is 0.312. The molecule has 1 saturated heterocycles. The molecule has 0 saturated carbocycles. The van der Waals surface area contributed by atoms with Gasteiger partial charge in [-0.1, -0.05) is 13.0 Å². The van der Waals surface area contributed by atoms with Crippen molar-refractivity contribution in [3.63, 3.8) is 0 Å². The first-order chi connectivity index (χ1) is 9.22. The topological polar surface area (TPSA) is 12.0 Å². The van der Waals surface area contributed by atoms with Crippen molar-refractivity contribution in [2.45, 2.75) is 43.9 Å². The lowest BCUT2D eigenvalue weighted by molar-refractivity contribution is 0.459. The normalized spacial score (nSPS) is 20.7. The highest BCUT2D eigenvalue weighted by Crippen LogP contribution is 2.30. The monoisotopic (exact) mass is 285 g/mol. The molecule has 1 aliphatic heterocycles. The fraction of sp³-hybridized carbons (Fsp3) is 0.600. The summed E-state index contributed by atoms with van der Waals surface area (Å²) in [7, 11) is 0. The molecule has 106 valence electrons. The van der Waals surface area contributed by atoms with Crippen LogP contribution >= 0.6 is 11.8 Å². The SMILES string of the molecule is CCCNC(Cc1c(F)cccc1F)C1CCCS1. The highest BCUT2D eigenvalue weighted by atomic mass is 32.2. The molecule has 2 rings (SSSR count). The van der Waals surface area contributed by atoms with Crippen molar-refractivity contribution in [2.75, 3.05) is 12.3 Å². The first kappa shape index (κ1) is 14.8. The minimum atomic E-state index is -0.425. The van der Waals surface area contributed by atoms with Crippen LogP contribution in [-0.2, 0) is 6.42 Å². The fourth-order valence-electron chi connectivity index (χ4n) is 2.53. The van der Waals surface area contributed by atoms with Gasteiger partial charge in [0.2, 0.25) is 0 Å². The summed E-state index contributed by atoms with van der Waals surface area (Å²) in [4.78, 5) is 0. The summed E-state index contributed by atoms with van der Waals surface area (Å²) in [6, 6.07) is 4.28. The van der Waals surface area contributed by atoms with Gasteiger partial charge >= 0.3 is 0 Å². The smallest absolute Gasteiger partial charge is 0.129 e. The second kappa shape index (κ2) is 7.25. The third kappa shape index (κ3) is 3.93. The van der Waals surface area contributed by atoms with E-state index in [0.29, 0.717) is 11.7 Å². The standard InChI is InChI=1S/C15H21F2NS/c1-2-8-18-14(15-7-4-9-19-15)10-11-12(16)5-3-6-13(11)17/h3,5-6,14-15,18H,2,4,7-10H2,1H3. The van der Waals surface area contributed by atoms with Crippen molar-refractivity contribution in [1.29, 1.82) is 0 Å². The van der Waals surface area contributed by atoms with E-state index in [2.05, 4.69) is 12.2 Å². The number of nitrogens with one attached hydrogen (secondary N) is 1. The first-order valence-electron chi connectivity index (χ1n) is 7.00. The Kier molecular flexibility index (Phi) is 5.64. The van der Waals surface area contributed by atoms with Crippen LogP contribution in [0.25, 0.3) is 0 Å². The van der Waals surface area contributed by atoms with E-state index in [9.17, 15) is 8.78 Å². The second-order valence-electron chi connectivity index (χ2n) is 5.02. The summed E-state index contributed by atoms with van der Waals surface area (Å²) >= 11 is 1.92. The predicted octanol–water partition coefficient (Wildman–Crippen LogP) is 3.77. The van der Waals surface area contributed by atoms with Gasteiger partial charge < -0.3 is 5.32 Å². The van der Waals surface area contributed by atoms with Crippen LogP contribution in [0, 0.1) is 11.6 Å². The molecule has 1 heterocycles. The molecule has 0 aliphatic carbocycles. The number of rotatable bonds is 6. The zero-order valence-electron chi connectivity index (χ0n) is 11.3. The van der Waals surface area contributed by atoms with E-state index in [0.717, 1.165) is 25.1 Å². The van der Waals surface area contributed by atoms with Gasteiger partial charge in [0.25, 0.3) is 0 Å². The van der Waals surface area contributed by atoms with E-state index in [1.807, 2.05) is 11.8 Å².